The van der Waals surface area contributed by atoms with Crippen molar-refractivity contribution in [3.05, 3.63) is 18.0 Å². The van der Waals surface area contributed by atoms with Crippen molar-refractivity contribution in [3.8, 4) is 0 Å². The van der Waals surface area contributed by atoms with Gasteiger partial charge in [0.2, 0.25) is 0 Å². The summed E-state index contributed by atoms with van der Waals surface area (Å²) in [6, 6.07) is 1.66. The fraction of sp³-hybridized carbons (Fsp3) is 0.667. The first-order chi connectivity index (χ1) is 8.26. The Morgan fingerprint density at radius 2 is 2.53 bits per heavy atom. The molecule has 2 rings (SSSR count). The number of ketones is 1. The molecule has 0 aliphatic carbocycles. The van der Waals surface area contributed by atoms with Gasteiger partial charge in [0, 0.05) is 26.4 Å². The Hall–Kier alpha value is -1.20. The first-order valence-electron chi connectivity index (χ1n) is 6.08. The summed E-state index contributed by atoms with van der Waals surface area (Å²) >= 11 is 0. The summed E-state index contributed by atoms with van der Waals surface area (Å²) < 4.78 is 7.03. The minimum absolute atomic E-state index is 0.121. The smallest absolute Gasteiger partial charge is 0.197 e. The number of rotatable bonds is 5. The highest BCUT2D eigenvalue weighted by molar-refractivity contribution is 5.98. The van der Waals surface area contributed by atoms with E-state index in [1.165, 1.54) is 0 Å². The van der Waals surface area contributed by atoms with E-state index < -0.39 is 0 Å². The molecule has 94 valence electrons. The van der Waals surface area contributed by atoms with Gasteiger partial charge in [0.15, 0.2) is 5.78 Å². The molecule has 0 amide bonds. The zero-order chi connectivity index (χ0) is 12.3. The maximum atomic E-state index is 12.3. The van der Waals surface area contributed by atoms with Crippen molar-refractivity contribution in [2.75, 3.05) is 13.7 Å². The molecule has 1 aromatic heterocycles. The van der Waals surface area contributed by atoms with Crippen LogP contribution in [0.5, 0.6) is 0 Å². The number of nitrogens with zero attached hydrogens (tertiary/aromatic N) is 2. The van der Waals surface area contributed by atoms with Crippen molar-refractivity contribution in [2.45, 2.75) is 38.5 Å². The Morgan fingerprint density at radius 1 is 1.71 bits per heavy atom. The van der Waals surface area contributed by atoms with E-state index in [0.717, 1.165) is 25.9 Å². The predicted octanol–water partition coefficient (Wildman–Crippen LogP) is 0.853. The Bertz CT molecular complexity index is 389. The molecule has 2 atom stereocenters. The fourth-order valence-electron chi connectivity index (χ4n) is 2.19. The number of ether oxygens (including phenoxy) is 1. The maximum absolute atomic E-state index is 12.3. The second kappa shape index (κ2) is 5.42. The number of carbonyl (C=O) groups is 1. The molecule has 1 aliphatic heterocycles. The number of carbonyl (C=O) groups excluding carboxylic acids is 1. The van der Waals surface area contributed by atoms with Gasteiger partial charge >= 0.3 is 0 Å². The molecule has 17 heavy (non-hydrogen) atoms. The quantitative estimate of drug-likeness (QED) is 0.771. The molecule has 1 aliphatic rings. The van der Waals surface area contributed by atoms with E-state index in [0.29, 0.717) is 5.69 Å². The molecule has 1 N–H and O–H groups in total. The van der Waals surface area contributed by atoms with E-state index in [2.05, 4.69) is 17.3 Å². The number of nitrogens with one attached hydrogen (secondary N) is 1. The van der Waals surface area contributed by atoms with Gasteiger partial charge in [-0.05, 0) is 18.9 Å². The van der Waals surface area contributed by atoms with Crippen LogP contribution in [0.3, 0.4) is 0 Å². The van der Waals surface area contributed by atoms with Crippen molar-refractivity contribution < 1.29 is 9.53 Å². The van der Waals surface area contributed by atoms with Crippen LogP contribution in [0.2, 0.25) is 0 Å². The van der Waals surface area contributed by atoms with Crippen LogP contribution in [-0.2, 0) is 11.3 Å². The van der Waals surface area contributed by atoms with Gasteiger partial charge in [-0.15, -0.1) is 0 Å². The van der Waals surface area contributed by atoms with Crippen LogP contribution in [-0.4, -0.2) is 41.4 Å². The lowest BCUT2D eigenvalue weighted by Gasteiger charge is -2.10. The van der Waals surface area contributed by atoms with Crippen molar-refractivity contribution >= 4 is 5.78 Å². The van der Waals surface area contributed by atoms with Crippen LogP contribution >= 0.6 is 0 Å². The lowest BCUT2D eigenvalue weighted by molar-refractivity contribution is 0.0908. The van der Waals surface area contributed by atoms with Crippen molar-refractivity contribution in [3.63, 3.8) is 0 Å². The van der Waals surface area contributed by atoms with E-state index in [9.17, 15) is 4.79 Å². The molecule has 5 heteroatoms. The lowest BCUT2D eigenvalue weighted by Crippen LogP contribution is -2.32. The molecular weight excluding hydrogens is 218 g/mol. The average Bonchev–Trinajstić information content (AvgIpc) is 2.97. The molecule has 2 unspecified atom stereocenters. The summed E-state index contributed by atoms with van der Waals surface area (Å²) in [6.45, 7) is 3.61. The van der Waals surface area contributed by atoms with Crippen LogP contribution in [0, 0.1) is 0 Å². The number of aryl methyl sites for hydroxylation is 1. The number of methoxy groups -OCH3 is 1. The van der Waals surface area contributed by atoms with Crippen LogP contribution in [0.15, 0.2) is 12.3 Å². The summed E-state index contributed by atoms with van der Waals surface area (Å²) in [5.41, 5.74) is 0.695. The molecule has 5 nitrogen and oxygen atoms in total. The van der Waals surface area contributed by atoms with E-state index in [1.807, 2.05) is 0 Å². The molecule has 0 radical (unpaired) electrons. The largest absolute Gasteiger partial charge is 0.380 e. The first kappa shape index (κ1) is 12.3. The van der Waals surface area contributed by atoms with Gasteiger partial charge < -0.3 is 10.1 Å². The lowest BCUT2D eigenvalue weighted by atomic mass is 10.1. The minimum Gasteiger partial charge on any atom is -0.380 e. The Kier molecular flexibility index (Phi) is 3.91. The minimum atomic E-state index is -0.132. The van der Waals surface area contributed by atoms with Crippen molar-refractivity contribution in [2.24, 2.45) is 0 Å². The number of Topliss-reactive ketones (excluding diaryl/α,β-unsaturated/α-hetero) is 1. The van der Waals surface area contributed by atoms with Gasteiger partial charge in [-0.2, -0.15) is 5.10 Å². The van der Waals surface area contributed by atoms with Crippen LogP contribution in [0.25, 0.3) is 0 Å². The number of hydrogen-bond acceptors (Lipinski definition) is 4. The summed E-state index contributed by atoms with van der Waals surface area (Å²) in [4.78, 5) is 12.3. The van der Waals surface area contributed by atoms with Crippen LogP contribution in [0.4, 0.5) is 0 Å². The maximum Gasteiger partial charge on any atom is 0.197 e. The van der Waals surface area contributed by atoms with Gasteiger partial charge in [0.1, 0.15) is 5.69 Å². The fourth-order valence-corrected chi connectivity index (χ4v) is 2.19. The highest BCUT2D eigenvalue weighted by atomic mass is 16.5. The molecule has 1 saturated heterocycles. The number of aromatic nitrogens is 2. The second-order valence-corrected chi connectivity index (χ2v) is 4.36. The topological polar surface area (TPSA) is 56.2 Å². The summed E-state index contributed by atoms with van der Waals surface area (Å²) in [7, 11) is 1.68. The van der Waals surface area contributed by atoms with E-state index in [4.69, 9.17) is 4.74 Å². The van der Waals surface area contributed by atoms with Crippen LogP contribution in [0.1, 0.15) is 30.3 Å². The van der Waals surface area contributed by atoms with Gasteiger partial charge in [-0.25, -0.2) is 0 Å². The van der Waals surface area contributed by atoms with E-state index >= 15 is 0 Å². The van der Waals surface area contributed by atoms with Gasteiger partial charge in [-0.1, -0.05) is 6.92 Å². The standard InChI is InChI=1S/C12H19N3O2/c1-3-6-15-11(4-5-14-15)12(16)10-7-9(17-2)8-13-10/h4-5,9-10,13H,3,6-8H2,1-2H3. The second-order valence-electron chi connectivity index (χ2n) is 4.36. The van der Waals surface area contributed by atoms with Gasteiger partial charge in [0.05, 0.1) is 12.1 Å². The highest BCUT2D eigenvalue weighted by Crippen LogP contribution is 2.14. The third kappa shape index (κ3) is 2.56. The van der Waals surface area contributed by atoms with Gasteiger partial charge in [0.25, 0.3) is 0 Å². The van der Waals surface area contributed by atoms with Crippen molar-refractivity contribution in [1.82, 2.24) is 15.1 Å². The third-order valence-corrected chi connectivity index (χ3v) is 3.14. The third-order valence-electron chi connectivity index (χ3n) is 3.14. The molecule has 1 fully saturated rings. The zero-order valence-electron chi connectivity index (χ0n) is 10.3. The summed E-state index contributed by atoms with van der Waals surface area (Å²) in [5, 5.41) is 7.37. The predicted molar refractivity (Wildman–Crippen MR) is 64.1 cm³/mol. The summed E-state index contributed by atoms with van der Waals surface area (Å²) in [6.07, 6.45) is 3.55. The van der Waals surface area contributed by atoms with Gasteiger partial charge in [-0.3, -0.25) is 9.48 Å². The van der Waals surface area contributed by atoms with E-state index in [-0.39, 0.29) is 17.9 Å². The zero-order valence-corrected chi connectivity index (χ0v) is 10.3. The normalized spacial score (nSPS) is 24.1. The first-order valence-corrected chi connectivity index (χ1v) is 6.08. The molecule has 0 spiro atoms. The SMILES string of the molecule is CCCn1nccc1C(=O)C1CC(OC)CN1. The molecule has 0 bridgehead atoms. The Morgan fingerprint density at radius 3 is 3.18 bits per heavy atom. The Balaban J connectivity index is 2.06. The summed E-state index contributed by atoms with van der Waals surface area (Å²) in [5.74, 6) is 0.121. The molecule has 0 saturated carbocycles. The highest BCUT2D eigenvalue weighted by Gasteiger charge is 2.31. The monoisotopic (exact) mass is 237 g/mol. The molecule has 2 heterocycles. The molecule has 0 aromatic carbocycles. The number of hydrogen-bond donors (Lipinski definition) is 1. The average molecular weight is 237 g/mol. The Labute approximate surface area is 101 Å². The van der Waals surface area contributed by atoms with Crippen LogP contribution < -0.4 is 5.32 Å². The van der Waals surface area contributed by atoms with Crippen molar-refractivity contribution in [1.29, 1.82) is 0 Å². The molecular formula is C12H19N3O2. The van der Waals surface area contributed by atoms with E-state index in [1.54, 1.807) is 24.1 Å². The molecule has 1 aromatic rings.